The molecule has 0 aliphatic rings. The zero-order chi connectivity index (χ0) is 11.6. The first kappa shape index (κ1) is 12.3. The summed E-state index contributed by atoms with van der Waals surface area (Å²) in [5.74, 6) is -0.932. The number of carboxylic acid groups (broad SMARTS) is 1. The topological polar surface area (TPSA) is 40.5 Å². The van der Waals surface area contributed by atoms with Gasteiger partial charge >= 0.3 is 5.97 Å². The zero-order valence-electron chi connectivity index (χ0n) is 8.37. The van der Waals surface area contributed by atoms with Gasteiger partial charge in [-0.1, -0.05) is 23.2 Å². The summed E-state index contributed by atoms with van der Waals surface area (Å²) in [6.07, 6.45) is 0. The molecule has 0 spiro atoms. The number of rotatable bonds is 3. The molecule has 1 N–H and O–H groups in total. The summed E-state index contributed by atoms with van der Waals surface area (Å²) in [5.41, 5.74) is 0.574. The third kappa shape index (κ3) is 3.09. The molecule has 0 aliphatic carbocycles. The third-order valence-corrected chi connectivity index (χ3v) is 2.39. The van der Waals surface area contributed by atoms with Gasteiger partial charge < -0.3 is 5.11 Å². The predicted molar refractivity (Wildman–Crippen MR) is 60.5 cm³/mol. The predicted octanol–water partition coefficient (Wildman–Crippen LogP) is 2.68. The van der Waals surface area contributed by atoms with E-state index in [2.05, 4.69) is 0 Å². The van der Waals surface area contributed by atoms with Crippen molar-refractivity contribution in [2.24, 2.45) is 0 Å². The summed E-state index contributed by atoms with van der Waals surface area (Å²) >= 11 is 11.6. The van der Waals surface area contributed by atoms with E-state index >= 15 is 0 Å². The molecule has 0 aromatic heterocycles. The number of hydrogen-bond acceptors (Lipinski definition) is 2. The highest BCUT2D eigenvalue weighted by Gasteiger charge is 2.22. The van der Waals surface area contributed by atoms with Gasteiger partial charge in [-0.3, -0.25) is 9.69 Å². The minimum absolute atomic E-state index is 0.436. The van der Waals surface area contributed by atoms with E-state index in [-0.39, 0.29) is 0 Å². The average Bonchev–Trinajstić information content (AvgIpc) is 1.99. The monoisotopic (exact) mass is 247 g/mol. The van der Waals surface area contributed by atoms with Crippen LogP contribution in [0.15, 0.2) is 18.2 Å². The fraction of sp³-hybridized carbons (Fsp3) is 0.300. The highest BCUT2D eigenvalue weighted by atomic mass is 35.5. The molecule has 0 fully saturated rings. The van der Waals surface area contributed by atoms with Gasteiger partial charge in [0, 0.05) is 10.0 Å². The summed E-state index contributed by atoms with van der Waals surface area (Å²) < 4.78 is 0. The summed E-state index contributed by atoms with van der Waals surface area (Å²) in [7, 11) is 3.38. The molecule has 3 nitrogen and oxygen atoms in total. The van der Waals surface area contributed by atoms with Gasteiger partial charge in [0.1, 0.15) is 6.04 Å². The Kier molecular flexibility index (Phi) is 3.97. The molecule has 0 amide bonds. The van der Waals surface area contributed by atoms with Crippen molar-refractivity contribution < 1.29 is 9.90 Å². The van der Waals surface area contributed by atoms with Crippen LogP contribution in [0.1, 0.15) is 11.6 Å². The number of aliphatic carboxylic acids is 1. The van der Waals surface area contributed by atoms with Crippen LogP contribution in [-0.4, -0.2) is 30.1 Å². The molecule has 0 radical (unpaired) electrons. The Bertz CT molecular complexity index is 359. The second-order valence-electron chi connectivity index (χ2n) is 3.41. The van der Waals surface area contributed by atoms with Crippen molar-refractivity contribution in [3.63, 3.8) is 0 Å². The molecule has 0 aliphatic heterocycles. The van der Waals surface area contributed by atoms with Crippen LogP contribution in [0.2, 0.25) is 10.0 Å². The van der Waals surface area contributed by atoms with E-state index in [9.17, 15) is 4.79 Å². The molecule has 1 aromatic carbocycles. The second kappa shape index (κ2) is 4.84. The maximum atomic E-state index is 11.0. The molecular weight excluding hydrogens is 237 g/mol. The number of carbonyl (C=O) groups is 1. The zero-order valence-corrected chi connectivity index (χ0v) is 9.88. The Hall–Kier alpha value is -0.770. The van der Waals surface area contributed by atoms with Crippen LogP contribution in [0.25, 0.3) is 0 Å². The first-order valence-corrected chi connectivity index (χ1v) is 5.02. The number of halogens is 2. The van der Waals surface area contributed by atoms with E-state index < -0.39 is 12.0 Å². The Balaban J connectivity index is 3.17. The maximum Gasteiger partial charge on any atom is 0.325 e. The van der Waals surface area contributed by atoms with Crippen LogP contribution in [0.4, 0.5) is 0 Å². The molecular formula is C10H11Cl2NO2. The van der Waals surface area contributed by atoms with Crippen LogP contribution in [0.5, 0.6) is 0 Å². The lowest BCUT2D eigenvalue weighted by molar-refractivity contribution is -0.142. The quantitative estimate of drug-likeness (QED) is 0.893. The van der Waals surface area contributed by atoms with E-state index in [4.69, 9.17) is 28.3 Å². The van der Waals surface area contributed by atoms with E-state index in [0.717, 1.165) is 0 Å². The van der Waals surface area contributed by atoms with Gasteiger partial charge in [-0.25, -0.2) is 0 Å². The maximum absolute atomic E-state index is 11.0. The fourth-order valence-electron chi connectivity index (χ4n) is 1.39. The molecule has 0 saturated heterocycles. The van der Waals surface area contributed by atoms with Crippen molar-refractivity contribution in [2.75, 3.05) is 14.1 Å². The Morgan fingerprint density at radius 2 is 1.73 bits per heavy atom. The molecule has 1 atom stereocenters. The smallest absolute Gasteiger partial charge is 0.325 e. The van der Waals surface area contributed by atoms with E-state index in [1.54, 1.807) is 37.2 Å². The van der Waals surface area contributed by atoms with E-state index in [1.807, 2.05) is 0 Å². The minimum atomic E-state index is -0.932. The van der Waals surface area contributed by atoms with Gasteiger partial charge in [-0.2, -0.15) is 0 Å². The largest absolute Gasteiger partial charge is 0.480 e. The van der Waals surface area contributed by atoms with Gasteiger partial charge in [-0.15, -0.1) is 0 Å². The van der Waals surface area contributed by atoms with Gasteiger partial charge in [0.25, 0.3) is 0 Å². The van der Waals surface area contributed by atoms with Crippen LogP contribution in [0.3, 0.4) is 0 Å². The number of likely N-dealkylation sites (N-methyl/N-ethyl adjacent to an activating group) is 1. The number of carboxylic acids is 1. The third-order valence-electron chi connectivity index (χ3n) is 1.95. The molecule has 5 heteroatoms. The van der Waals surface area contributed by atoms with E-state index in [1.165, 1.54) is 0 Å². The van der Waals surface area contributed by atoms with Crippen LogP contribution < -0.4 is 0 Å². The molecule has 0 bridgehead atoms. The second-order valence-corrected chi connectivity index (χ2v) is 4.28. The van der Waals surface area contributed by atoms with Crippen molar-refractivity contribution in [3.05, 3.63) is 33.8 Å². The van der Waals surface area contributed by atoms with E-state index in [0.29, 0.717) is 15.6 Å². The summed E-state index contributed by atoms with van der Waals surface area (Å²) in [6.45, 7) is 0. The Morgan fingerprint density at radius 3 is 2.07 bits per heavy atom. The van der Waals surface area contributed by atoms with Crippen LogP contribution in [0, 0.1) is 0 Å². The Morgan fingerprint density at radius 1 is 1.27 bits per heavy atom. The number of hydrogen-bond donors (Lipinski definition) is 1. The number of benzene rings is 1. The van der Waals surface area contributed by atoms with Crippen LogP contribution in [-0.2, 0) is 4.79 Å². The van der Waals surface area contributed by atoms with Gasteiger partial charge in [0.2, 0.25) is 0 Å². The van der Waals surface area contributed by atoms with Crippen molar-refractivity contribution in [1.82, 2.24) is 4.90 Å². The number of nitrogens with zero attached hydrogens (tertiary/aromatic N) is 1. The lowest BCUT2D eigenvalue weighted by Crippen LogP contribution is -2.27. The lowest BCUT2D eigenvalue weighted by Gasteiger charge is -2.20. The molecule has 1 aromatic rings. The fourth-order valence-corrected chi connectivity index (χ4v) is 1.94. The SMILES string of the molecule is CN(C)[C@@H](C(=O)O)c1cc(Cl)cc(Cl)c1. The summed E-state index contributed by atoms with van der Waals surface area (Å²) in [4.78, 5) is 12.6. The standard InChI is InChI=1S/C10H11Cl2NO2/c1-13(2)9(10(14)15)6-3-7(11)5-8(12)4-6/h3-5,9H,1-2H3,(H,14,15)/t9-/m1/s1. The summed E-state index contributed by atoms with van der Waals surface area (Å²) in [6, 6.07) is 4.04. The minimum Gasteiger partial charge on any atom is -0.480 e. The molecule has 0 heterocycles. The molecule has 15 heavy (non-hydrogen) atoms. The normalized spacial score (nSPS) is 12.9. The van der Waals surface area contributed by atoms with Crippen molar-refractivity contribution >= 4 is 29.2 Å². The highest BCUT2D eigenvalue weighted by Crippen LogP contribution is 2.26. The van der Waals surface area contributed by atoms with Gasteiger partial charge in [-0.05, 0) is 37.9 Å². The van der Waals surface area contributed by atoms with Crippen molar-refractivity contribution in [1.29, 1.82) is 0 Å². The molecule has 0 saturated carbocycles. The van der Waals surface area contributed by atoms with Crippen LogP contribution >= 0.6 is 23.2 Å². The first-order chi connectivity index (χ1) is 6.91. The highest BCUT2D eigenvalue weighted by molar-refractivity contribution is 6.34. The molecule has 1 rings (SSSR count). The average molecular weight is 248 g/mol. The van der Waals surface area contributed by atoms with Crippen molar-refractivity contribution in [2.45, 2.75) is 6.04 Å². The lowest BCUT2D eigenvalue weighted by atomic mass is 10.1. The first-order valence-electron chi connectivity index (χ1n) is 4.27. The molecule has 0 unspecified atom stereocenters. The van der Waals surface area contributed by atoms with Gasteiger partial charge in [0.15, 0.2) is 0 Å². The molecule has 82 valence electrons. The summed E-state index contributed by atoms with van der Waals surface area (Å²) in [5, 5.41) is 9.92. The Labute approximate surface area is 98.2 Å². The van der Waals surface area contributed by atoms with Crippen molar-refractivity contribution in [3.8, 4) is 0 Å². The van der Waals surface area contributed by atoms with Gasteiger partial charge in [0.05, 0.1) is 0 Å².